The summed E-state index contributed by atoms with van der Waals surface area (Å²) in [5, 5.41) is 2.61. The molecule has 0 unspecified atom stereocenters. The molecule has 2 heteroatoms. The number of nitrogens with zero attached hydrogens (tertiary/aromatic N) is 1. The molecule has 1 nitrogen and oxygen atoms in total. The van der Waals surface area contributed by atoms with Crippen LogP contribution in [0.4, 0.5) is 0 Å². The fourth-order valence-electron chi connectivity index (χ4n) is 4.63. The second-order valence-corrected chi connectivity index (χ2v) is 19.0. The SMILES string of the molecule is Cc1cc[c]([Bi]([c]2ccc(C)cc2)[c]2ccnc(-c3cc(C(C)(C)C)c4ccccc4c3)c2)cc1. The summed E-state index contributed by atoms with van der Waals surface area (Å²) >= 11 is -2.47. The summed E-state index contributed by atoms with van der Waals surface area (Å²) in [5.41, 5.74) is 6.31. The van der Waals surface area contributed by atoms with E-state index in [-0.39, 0.29) is 5.41 Å². The van der Waals surface area contributed by atoms with Crippen LogP contribution in [0.15, 0.2) is 103 Å². The van der Waals surface area contributed by atoms with Crippen LogP contribution < -0.4 is 9.81 Å². The molecule has 0 spiro atoms. The number of aromatic nitrogens is 1. The van der Waals surface area contributed by atoms with Gasteiger partial charge in [0.1, 0.15) is 0 Å². The predicted molar refractivity (Wildman–Crippen MR) is 153 cm³/mol. The monoisotopic (exact) mass is 651 g/mol. The number of fused-ring (bicyclic) bond motifs is 1. The quantitative estimate of drug-likeness (QED) is 0.207. The van der Waals surface area contributed by atoms with E-state index in [9.17, 15) is 0 Å². The second kappa shape index (κ2) is 9.67. The van der Waals surface area contributed by atoms with Crippen LogP contribution in [0.1, 0.15) is 37.5 Å². The number of benzene rings is 4. The Bertz CT molecular complexity index is 1430. The molecule has 35 heavy (non-hydrogen) atoms. The van der Waals surface area contributed by atoms with Crippen molar-refractivity contribution in [1.29, 1.82) is 0 Å². The molecule has 0 N–H and O–H groups in total. The van der Waals surface area contributed by atoms with Gasteiger partial charge in [0.25, 0.3) is 0 Å². The van der Waals surface area contributed by atoms with Crippen LogP contribution in [0.3, 0.4) is 0 Å². The van der Waals surface area contributed by atoms with Gasteiger partial charge >= 0.3 is 219 Å². The zero-order valence-electron chi connectivity index (χ0n) is 21.2. The van der Waals surface area contributed by atoms with Gasteiger partial charge in [-0.15, -0.1) is 0 Å². The average molecular weight is 652 g/mol. The Morgan fingerprint density at radius 2 is 1.23 bits per heavy atom. The first-order chi connectivity index (χ1) is 16.8. The molecule has 0 saturated carbocycles. The Kier molecular flexibility index (Phi) is 6.60. The van der Waals surface area contributed by atoms with Gasteiger partial charge in [-0.25, -0.2) is 0 Å². The van der Waals surface area contributed by atoms with Crippen LogP contribution in [-0.2, 0) is 5.41 Å². The summed E-state index contributed by atoms with van der Waals surface area (Å²) in [5.74, 6) is 0. The van der Waals surface area contributed by atoms with E-state index in [1.807, 2.05) is 6.20 Å². The van der Waals surface area contributed by atoms with E-state index in [0.29, 0.717) is 0 Å². The molecule has 0 saturated heterocycles. The van der Waals surface area contributed by atoms with Gasteiger partial charge in [-0.1, -0.05) is 0 Å². The van der Waals surface area contributed by atoms with Crippen LogP contribution in [-0.4, -0.2) is 26.7 Å². The van der Waals surface area contributed by atoms with Gasteiger partial charge in [0, 0.05) is 0 Å². The summed E-state index contributed by atoms with van der Waals surface area (Å²) in [6.07, 6.45) is 2.02. The van der Waals surface area contributed by atoms with Gasteiger partial charge in [-0.05, 0) is 0 Å². The minimum absolute atomic E-state index is 0.0540. The second-order valence-electron chi connectivity index (χ2n) is 10.4. The Labute approximate surface area is 217 Å². The van der Waals surface area contributed by atoms with Gasteiger partial charge < -0.3 is 0 Å². The molecule has 1 aromatic heterocycles. The maximum atomic E-state index is 4.87. The summed E-state index contributed by atoms with van der Waals surface area (Å²) in [4.78, 5) is 4.87. The molecule has 0 aliphatic rings. The van der Waals surface area contributed by atoms with E-state index in [0.717, 1.165) is 5.69 Å². The van der Waals surface area contributed by atoms with E-state index < -0.39 is 21.8 Å². The zero-order chi connectivity index (χ0) is 24.6. The van der Waals surface area contributed by atoms with E-state index >= 15 is 0 Å². The summed E-state index contributed by atoms with van der Waals surface area (Å²) in [6, 6.07) is 36.4. The van der Waals surface area contributed by atoms with E-state index in [1.54, 1.807) is 0 Å². The third-order valence-corrected chi connectivity index (χ3v) is 16.0. The molecule has 0 atom stereocenters. The predicted octanol–water partition coefficient (Wildman–Crippen LogP) is 6.33. The standard InChI is InChI=1S/C19H18N.2C7H7.Bi/c1-19(2,3)17-13-15(18-10-6-7-11-20-18)12-14-8-4-5-9-16(14)17;2*1-7-5-3-2-4-6-7;/h4-5,7-13H,1-3H3;2*3-6H,1H3;. The Morgan fingerprint density at radius 1 is 0.629 bits per heavy atom. The van der Waals surface area contributed by atoms with Crippen molar-refractivity contribution in [2.24, 2.45) is 0 Å². The van der Waals surface area contributed by atoms with Crippen molar-refractivity contribution >= 4 is 42.3 Å². The number of aryl methyl sites for hydroxylation is 2. The van der Waals surface area contributed by atoms with E-state index in [4.69, 9.17) is 4.98 Å². The van der Waals surface area contributed by atoms with Gasteiger partial charge in [-0.3, -0.25) is 0 Å². The number of pyridine rings is 1. The van der Waals surface area contributed by atoms with Crippen molar-refractivity contribution in [3.05, 3.63) is 120 Å². The summed E-state index contributed by atoms with van der Waals surface area (Å²) in [7, 11) is 0. The first-order valence-corrected chi connectivity index (χ1v) is 17.4. The molecule has 0 bridgehead atoms. The van der Waals surface area contributed by atoms with Gasteiger partial charge in [0.2, 0.25) is 0 Å². The molecule has 0 aliphatic heterocycles. The molecule has 5 rings (SSSR count). The Morgan fingerprint density at radius 3 is 1.83 bits per heavy atom. The molecule has 174 valence electrons. The molecule has 0 amide bonds. The molecule has 0 radical (unpaired) electrons. The van der Waals surface area contributed by atoms with Crippen molar-refractivity contribution in [3.8, 4) is 11.3 Å². The molecule has 0 aliphatic carbocycles. The van der Waals surface area contributed by atoms with Crippen LogP contribution >= 0.6 is 0 Å². The molecule has 1 heterocycles. The van der Waals surface area contributed by atoms with Gasteiger partial charge in [0.15, 0.2) is 0 Å². The first-order valence-electron chi connectivity index (χ1n) is 12.2. The van der Waals surface area contributed by atoms with E-state index in [2.05, 4.69) is 132 Å². The van der Waals surface area contributed by atoms with Crippen molar-refractivity contribution in [1.82, 2.24) is 4.98 Å². The van der Waals surface area contributed by atoms with Crippen LogP contribution in [0.2, 0.25) is 0 Å². The number of hydrogen-bond acceptors (Lipinski definition) is 1. The Hall–Kier alpha value is -2.83. The zero-order valence-corrected chi connectivity index (χ0v) is 24.7. The summed E-state index contributed by atoms with van der Waals surface area (Å²) < 4.78 is 4.46. The maximum absolute atomic E-state index is 4.87. The molecular formula is C33H32BiN. The third-order valence-electron chi connectivity index (χ3n) is 6.55. The van der Waals surface area contributed by atoms with Crippen LogP contribution in [0, 0.1) is 13.8 Å². The van der Waals surface area contributed by atoms with Crippen molar-refractivity contribution in [2.75, 3.05) is 0 Å². The van der Waals surface area contributed by atoms with E-state index in [1.165, 1.54) is 42.8 Å². The van der Waals surface area contributed by atoms with Crippen LogP contribution in [0.25, 0.3) is 22.0 Å². The fourth-order valence-corrected chi connectivity index (χ4v) is 13.4. The van der Waals surface area contributed by atoms with Gasteiger partial charge in [0.05, 0.1) is 0 Å². The fraction of sp³-hybridized carbons (Fsp3) is 0.182. The number of hydrogen-bond donors (Lipinski definition) is 0. The third kappa shape index (κ3) is 5.09. The van der Waals surface area contributed by atoms with Crippen molar-refractivity contribution in [2.45, 2.75) is 40.0 Å². The number of rotatable bonds is 4. The van der Waals surface area contributed by atoms with Crippen molar-refractivity contribution < 1.29 is 0 Å². The molecule has 4 aromatic carbocycles. The normalized spacial score (nSPS) is 11.8. The van der Waals surface area contributed by atoms with Gasteiger partial charge in [-0.2, -0.15) is 0 Å². The average Bonchev–Trinajstić information content (AvgIpc) is 2.85. The Balaban J connectivity index is 1.67. The van der Waals surface area contributed by atoms with Crippen LogP contribution in [0.5, 0.6) is 0 Å². The minimum atomic E-state index is -2.47. The summed E-state index contributed by atoms with van der Waals surface area (Å²) in [6.45, 7) is 11.2. The first kappa shape index (κ1) is 23.9. The van der Waals surface area contributed by atoms with Crippen molar-refractivity contribution in [3.63, 3.8) is 0 Å². The molecule has 5 aromatic rings. The topological polar surface area (TPSA) is 12.9 Å². The molecular weight excluding hydrogens is 619 g/mol. The molecule has 0 fully saturated rings.